The van der Waals surface area contributed by atoms with Gasteiger partial charge in [-0.25, -0.2) is 0 Å². The molecule has 0 amide bonds. The largest absolute Gasteiger partial charge is 0.488 e. The van der Waals surface area contributed by atoms with E-state index < -0.39 is 54.4 Å². The van der Waals surface area contributed by atoms with Crippen LogP contribution in [-0.2, 0) is 54.0 Å². The topological polar surface area (TPSA) is 133 Å². The number of hydrogen-bond acceptors (Lipinski definition) is 11. The summed E-state index contributed by atoms with van der Waals surface area (Å²) >= 11 is 6.58. The second-order valence-corrected chi connectivity index (χ2v) is 10.8. The average molecular weight is 619 g/mol. The first-order chi connectivity index (χ1) is 20.5. The first-order valence-electron chi connectivity index (χ1n) is 13.9. The first-order valence-corrected chi connectivity index (χ1v) is 14.3. The van der Waals surface area contributed by atoms with E-state index in [1.807, 2.05) is 30.3 Å². The molecule has 0 saturated carbocycles. The van der Waals surface area contributed by atoms with Gasteiger partial charge in [0.2, 0.25) is 0 Å². The molecule has 2 aliphatic rings. The molecule has 1 unspecified atom stereocenters. The molecule has 4 rings (SSSR count). The molecule has 43 heavy (non-hydrogen) atoms. The van der Waals surface area contributed by atoms with Crippen LogP contribution >= 0.6 is 11.6 Å². The highest BCUT2D eigenvalue weighted by molar-refractivity contribution is 6.31. The fraction of sp³-hybridized carbons (Fsp3) is 0.484. The average Bonchev–Trinajstić information content (AvgIpc) is 3.56. The first kappa shape index (κ1) is 32.2. The van der Waals surface area contributed by atoms with Gasteiger partial charge >= 0.3 is 23.9 Å². The predicted molar refractivity (Wildman–Crippen MR) is 151 cm³/mol. The van der Waals surface area contributed by atoms with E-state index in [-0.39, 0.29) is 12.7 Å². The monoisotopic (exact) mass is 618 g/mol. The second kappa shape index (κ2) is 14.7. The molecule has 12 heteroatoms. The van der Waals surface area contributed by atoms with Crippen molar-refractivity contribution in [2.75, 3.05) is 19.8 Å². The molecule has 2 aromatic rings. The van der Waals surface area contributed by atoms with Crippen LogP contribution in [0.5, 0.6) is 5.75 Å². The van der Waals surface area contributed by atoms with Crippen molar-refractivity contribution in [3.63, 3.8) is 0 Å². The summed E-state index contributed by atoms with van der Waals surface area (Å²) in [5.41, 5.74) is 2.33. The Labute approximate surface area is 254 Å². The molecule has 6 atom stereocenters. The van der Waals surface area contributed by atoms with E-state index in [1.165, 1.54) is 27.7 Å². The minimum atomic E-state index is -1.18. The van der Waals surface area contributed by atoms with E-state index in [0.717, 1.165) is 23.3 Å². The Morgan fingerprint density at radius 1 is 0.907 bits per heavy atom. The van der Waals surface area contributed by atoms with Crippen LogP contribution in [0.25, 0.3) is 0 Å². The number of rotatable bonds is 11. The van der Waals surface area contributed by atoms with Crippen molar-refractivity contribution in [1.29, 1.82) is 0 Å². The van der Waals surface area contributed by atoms with Gasteiger partial charge in [-0.2, -0.15) is 0 Å². The number of ether oxygens (including phenoxy) is 7. The van der Waals surface area contributed by atoms with Crippen LogP contribution in [0.3, 0.4) is 0 Å². The van der Waals surface area contributed by atoms with E-state index in [2.05, 4.69) is 0 Å². The maximum absolute atomic E-state index is 12.2. The van der Waals surface area contributed by atoms with Crippen LogP contribution in [0.4, 0.5) is 0 Å². The predicted octanol–water partition coefficient (Wildman–Crippen LogP) is 3.90. The minimum absolute atomic E-state index is 0.0441. The lowest BCUT2D eigenvalue weighted by Gasteiger charge is -2.27. The Morgan fingerprint density at radius 3 is 2.21 bits per heavy atom. The van der Waals surface area contributed by atoms with Gasteiger partial charge in [0.15, 0.2) is 18.3 Å². The smallest absolute Gasteiger partial charge is 0.303 e. The van der Waals surface area contributed by atoms with Crippen LogP contribution in [-0.4, -0.2) is 74.2 Å². The van der Waals surface area contributed by atoms with Crippen LogP contribution in [0, 0.1) is 0 Å². The fourth-order valence-electron chi connectivity index (χ4n) is 5.12. The third-order valence-electron chi connectivity index (χ3n) is 6.90. The molecule has 232 valence electrons. The van der Waals surface area contributed by atoms with Crippen LogP contribution < -0.4 is 4.74 Å². The van der Waals surface area contributed by atoms with E-state index in [0.29, 0.717) is 30.2 Å². The van der Waals surface area contributed by atoms with Crippen molar-refractivity contribution in [1.82, 2.24) is 0 Å². The summed E-state index contributed by atoms with van der Waals surface area (Å²) in [6.45, 7) is 5.71. The summed E-state index contributed by atoms with van der Waals surface area (Å²) in [7, 11) is 0. The lowest BCUT2D eigenvalue weighted by molar-refractivity contribution is -0.176. The maximum atomic E-state index is 12.2. The molecule has 2 saturated heterocycles. The van der Waals surface area contributed by atoms with Gasteiger partial charge in [0, 0.05) is 39.1 Å². The standard InChI is InChI=1S/C31H35ClO11/c1-17(33)38-16-27(39-18(2)34)29-31(41-20(4)36)30(40-19(3)35)28(43-29)22-7-10-26(32)23(14-22)13-21-5-8-24(9-6-21)42-25-11-12-37-15-25/h5-10,14,25,27-31H,11-13,15-16H2,1-4H3/t25-,27-,28?,29-,30+,31+/m1/s1. The number of carbonyl (C=O) groups excluding carboxylic acids is 4. The maximum Gasteiger partial charge on any atom is 0.303 e. The molecule has 2 fully saturated rings. The summed E-state index contributed by atoms with van der Waals surface area (Å²) < 4.78 is 39.3. The van der Waals surface area contributed by atoms with E-state index in [4.69, 9.17) is 44.8 Å². The number of esters is 4. The molecule has 0 spiro atoms. The SMILES string of the molecule is CC(=O)OC[C@@H](OC(C)=O)[C@H]1OC(c2ccc(Cl)c(Cc3ccc(O[C@@H]4CCOC4)cc3)c2)[C@H](OC(C)=O)[C@H]1OC(C)=O. The Morgan fingerprint density at radius 2 is 1.60 bits per heavy atom. The molecular weight excluding hydrogens is 584 g/mol. The lowest BCUT2D eigenvalue weighted by Crippen LogP contribution is -2.46. The zero-order valence-electron chi connectivity index (χ0n) is 24.4. The molecule has 2 heterocycles. The van der Waals surface area contributed by atoms with Gasteiger partial charge < -0.3 is 33.2 Å². The van der Waals surface area contributed by atoms with E-state index in [1.54, 1.807) is 12.1 Å². The zero-order valence-corrected chi connectivity index (χ0v) is 25.2. The van der Waals surface area contributed by atoms with Crippen LogP contribution in [0.1, 0.15) is 56.9 Å². The number of halogens is 1. The molecular formula is C31H35ClO11. The quantitative estimate of drug-likeness (QED) is 0.268. The summed E-state index contributed by atoms with van der Waals surface area (Å²) in [4.78, 5) is 47.7. The van der Waals surface area contributed by atoms with Crippen molar-refractivity contribution in [3.05, 3.63) is 64.2 Å². The van der Waals surface area contributed by atoms with E-state index >= 15 is 0 Å². The second-order valence-electron chi connectivity index (χ2n) is 10.4. The van der Waals surface area contributed by atoms with E-state index in [9.17, 15) is 19.2 Å². The van der Waals surface area contributed by atoms with Crippen molar-refractivity contribution in [3.8, 4) is 5.75 Å². The Hall–Kier alpha value is -3.67. The summed E-state index contributed by atoms with van der Waals surface area (Å²) in [5.74, 6) is -1.84. The van der Waals surface area contributed by atoms with Crippen molar-refractivity contribution < 1.29 is 52.3 Å². The molecule has 2 aliphatic heterocycles. The molecule has 11 nitrogen and oxygen atoms in total. The zero-order chi connectivity index (χ0) is 31.1. The van der Waals surface area contributed by atoms with Gasteiger partial charge in [-0.05, 0) is 41.3 Å². The van der Waals surface area contributed by atoms with Gasteiger partial charge in [-0.1, -0.05) is 35.9 Å². The summed E-state index contributed by atoms with van der Waals surface area (Å²) in [6.07, 6.45) is -4.13. The highest BCUT2D eigenvalue weighted by Crippen LogP contribution is 2.40. The van der Waals surface area contributed by atoms with Gasteiger partial charge in [0.1, 0.15) is 30.7 Å². The Kier molecular flexibility index (Phi) is 11.0. The van der Waals surface area contributed by atoms with Crippen LogP contribution in [0.2, 0.25) is 5.02 Å². The minimum Gasteiger partial charge on any atom is -0.488 e. The number of carbonyl (C=O) groups is 4. The third kappa shape index (κ3) is 8.92. The molecule has 0 bridgehead atoms. The highest BCUT2D eigenvalue weighted by atomic mass is 35.5. The Bertz CT molecular complexity index is 1310. The molecule has 0 aromatic heterocycles. The van der Waals surface area contributed by atoms with Crippen molar-refractivity contribution in [2.45, 2.75) is 77.2 Å². The number of hydrogen-bond donors (Lipinski definition) is 0. The summed E-state index contributed by atoms with van der Waals surface area (Å²) in [5, 5.41) is 0.509. The lowest BCUT2D eigenvalue weighted by atomic mass is 9.96. The highest BCUT2D eigenvalue weighted by Gasteiger charge is 2.53. The third-order valence-corrected chi connectivity index (χ3v) is 7.26. The van der Waals surface area contributed by atoms with Gasteiger partial charge in [-0.15, -0.1) is 0 Å². The molecule has 0 aliphatic carbocycles. The molecule has 0 N–H and O–H groups in total. The Balaban J connectivity index is 1.61. The summed E-state index contributed by atoms with van der Waals surface area (Å²) in [6, 6.07) is 12.9. The van der Waals surface area contributed by atoms with Crippen molar-refractivity contribution >= 4 is 35.5 Å². The van der Waals surface area contributed by atoms with Gasteiger partial charge in [0.05, 0.1) is 13.2 Å². The van der Waals surface area contributed by atoms with Crippen LogP contribution in [0.15, 0.2) is 42.5 Å². The fourth-order valence-corrected chi connectivity index (χ4v) is 5.30. The van der Waals surface area contributed by atoms with Gasteiger partial charge in [-0.3, -0.25) is 19.2 Å². The molecule has 0 radical (unpaired) electrons. The van der Waals surface area contributed by atoms with Gasteiger partial charge in [0.25, 0.3) is 0 Å². The normalized spacial score (nSPS) is 23.7. The van der Waals surface area contributed by atoms with Crippen molar-refractivity contribution in [2.24, 2.45) is 0 Å². The number of benzene rings is 2. The molecule has 2 aromatic carbocycles.